The summed E-state index contributed by atoms with van der Waals surface area (Å²) >= 11 is 0. The zero-order chi connectivity index (χ0) is 8.10. The fraction of sp³-hybridized carbons (Fsp3) is 0.500. The standard InChI is InChI=1S/C8H12N2O/c1-2-3-7-4-5-8(6-11)10-9-7/h4-5,11H,2-3,6H2,1H3. The van der Waals surface area contributed by atoms with Crippen molar-refractivity contribution in [1.82, 2.24) is 10.2 Å². The average Bonchev–Trinajstić information content (AvgIpc) is 2.07. The third-order valence-corrected chi connectivity index (χ3v) is 1.44. The normalized spacial score (nSPS) is 10.0. The lowest BCUT2D eigenvalue weighted by molar-refractivity contribution is 0.275. The summed E-state index contributed by atoms with van der Waals surface area (Å²) in [5, 5.41) is 16.4. The predicted molar refractivity (Wildman–Crippen MR) is 41.9 cm³/mol. The van der Waals surface area contributed by atoms with Crippen LogP contribution in [0, 0.1) is 0 Å². The summed E-state index contributed by atoms with van der Waals surface area (Å²) < 4.78 is 0. The van der Waals surface area contributed by atoms with Crippen molar-refractivity contribution < 1.29 is 5.11 Å². The molecule has 3 heteroatoms. The van der Waals surface area contributed by atoms with Gasteiger partial charge < -0.3 is 5.11 Å². The molecule has 3 nitrogen and oxygen atoms in total. The third-order valence-electron chi connectivity index (χ3n) is 1.44. The number of aliphatic hydroxyl groups excluding tert-OH is 1. The Balaban J connectivity index is 2.66. The number of rotatable bonds is 3. The van der Waals surface area contributed by atoms with Gasteiger partial charge in [-0.2, -0.15) is 10.2 Å². The fourth-order valence-electron chi connectivity index (χ4n) is 0.861. The van der Waals surface area contributed by atoms with E-state index in [2.05, 4.69) is 17.1 Å². The summed E-state index contributed by atoms with van der Waals surface area (Å²) in [7, 11) is 0. The second kappa shape index (κ2) is 4.03. The summed E-state index contributed by atoms with van der Waals surface area (Å²) in [6, 6.07) is 3.71. The Hall–Kier alpha value is -0.960. The fourth-order valence-corrected chi connectivity index (χ4v) is 0.861. The quantitative estimate of drug-likeness (QED) is 0.700. The first-order valence-corrected chi connectivity index (χ1v) is 3.79. The topological polar surface area (TPSA) is 46.0 Å². The average molecular weight is 152 g/mol. The van der Waals surface area contributed by atoms with Gasteiger partial charge in [0, 0.05) is 0 Å². The minimum atomic E-state index is -0.0284. The van der Waals surface area contributed by atoms with Crippen molar-refractivity contribution in [3.05, 3.63) is 23.5 Å². The Bertz CT molecular complexity index is 208. The Morgan fingerprint density at radius 3 is 2.36 bits per heavy atom. The van der Waals surface area contributed by atoms with Gasteiger partial charge in [0.2, 0.25) is 0 Å². The first-order chi connectivity index (χ1) is 5.36. The molecule has 0 saturated heterocycles. The monoisotopic (exact) mass is 152 g/mol. The summed E-state index contributed by atoms with van der Waals surface area (Å²) in [6.45, 7) is 2.07. The number of aryl methyl sites for hydroxylation is 1. The van der Waals surface area contributed by atoms with Gasteiger partial charge in [0.1, 0.15) is 0 Å². The Labute approximate surface area is 66.1 Å². The molecular formula is C8H12N2O. The Kier molecular flexibility index (Phi) is 2.98. The maximum absolute atomic E-state index is 8.66. The SMILES string of the molecule is CCCc1ccc(CO)nn1. The summed E-state index contributed by atoms with van der Waals surface area (Å²) in [5.74, 6) is 0. The molecule has 0 aliphatic carbocycles. The van der Waals surface area contributed by atoms with Crippen molar-refractivity contribution in [2.45, 2.75) is 26.4 Å². The number of aliphatic hydroxyl groups is 1. The van der Waals surface area contributed by atoms with Gasteiger partial charge in [-0.3, -0.25) is 0 Å². The molecule has 1 heterocycles. The molecule has 0 amide bonds. The van der Waals surface area contributed by atoms with Crippen LogP contribution in [0.4, 0.5) is 0 Å². The summed E-state index contributed by atoms with van der Waals surface area (Å²) in [6.07, 6.45) is 2.03. The summed E-state index contributed by atoms with van der Waals surface area (Å²) in [4.78, 5) is 0. The lowest BCUT2D eigenvalue weighted by Gasteiger charge is -1.96. The molecule has 0 unspecified atom stereocenters. The molecule has 0 atom stereocenters. The van der Waals surface area contributed by atoms with Crippen LogP contribution in [0.15, 0.2) is 12.1 Å². The number of aromatic nitrogens is 2. The van der Waals surface area contributed by atoms with Gasteiger partial charge in [0.15, 0.2) is 0 Å². The van der Waals surface area contributed by atoms with E-state index in [-0.39, 0.29) is 6.61 Å². The predicted octanol–water partition coefficient (Wildman–Crippen LogP) is 0.921. The van der Waals surface area contributed by atoms with Crippen LogP contribution in [0.1, 0.15) is 24.7 Å². The van der Waals surface area contributed by atoms with Crippen molar-refractivity contribution in [2.24, 2.45) is 0 Å². The van der Waals surface area contributed by atoms with E-state index < -0.39 is 0 Å². The molecule has 0 aromatic carbocycles. The number of hydrogen-bond donors (Lipinski definition) is 1. The molecule has 0 fully saturated rings. The van der Waals surface area contributed by atoms with Crippen LogP contribution in [-0.4, -0.2) is 15.3 Å². The van der Waals surface area contributed by atoms with E-state index in [0.717, 1.165) is 18.5 Å². The van der Waals surface area contributed by atoms with Crippen LogP contribution >= 0.6 is 0 Å². The lowest BCUT2D eigenvalue weighted by Crippen LogP contribution is -1.96. The zero-order valence-electron chi connectivity index (χ0n) is 6.62. The molecule has 0 bridgehead atoms. The smallest absolute Gasteiger partial charge is 0.0885 e. The van der Waals surface area contributed by atoms with E-state index in [4.69, 9.17) is 5.11 Å². The van der Waals surface area contributed by atoms with E-state index in [0.29, 0.717) is 5.69 Å². The maximum atomic E-state index is 8.66. The van der Waals surface area contributed by atoms with E-state index in [1.807, 2.05) is 6.07 Å². The molecule has 11 heavy (non-hydrogen) atoms. The largest absolute Gasteiger partial charge is 0.390 e. The van der Waals surface area contributed by atoms with E-state index in [1.54, 1.807) is 6.07 Å². The van der Waals surface area contributed by atoms with Crippen molar-refractivity contribution in [3.63, 3.8) is 0 Å². The molecule has 0 aliphatic rings. The Morgan fingerprint density at radius 1 is 1.27 bits per heavy atom. The molecule has 1 aromatic rings. The van der Waals surface area contributed by atoms with E-state index in [1.165, 1.54) is 0 Å². The van der Waals surface area contributed by atoms with E-state index >= 15 is 0 Å². The first kappa shape index (κ1) is 8.14. The second-order valence-electron chi connectivity index (χ2n) is 2.42. The third kappa shape index (κ3) is 2.27. The van der Waals surface area contributed by atoms with Crippen molar-refractivity contribution >= 4 is 0 Å². The molecule has 0 aliphatic heterocycles. The van der Waals surface area contributed by atoms with E-state index in [9.17, 15) is 0 Å². The van der Waals surface area contributed by atoms with Gasteiger partial charge in [0.05, 0.1) is 18.0 Å². The molecule has 60 valence electrons. The van der Waals surface area contributed by atoms with Crippen LogP contribution in [0.5, 0.6) is 0 Å². The van der Waals surface area contributed by atoms with Crippen LogP contribution in [0.3, 0.4) is 0 Å². The van der Waals surface area contributed by atoms with Crippen LogP contribution in [-0.2, 0) is 13.0 Å². The van der Waals surface area contributed by atoms with Gasteiger partial charge >= 0.3 is 0 Å². The van der Waals surface area contributed by atoms with Gasteiger partial charge in [-0.25, -0.2) is 0 Å². The first-order valence-electron chi connectivity index (χ1n) is 3.79. The van der Waals surface area contributed by atoms with Crippen LogP contribution in [0.25, 0.3) is 0 Å². The minimum absolute atomic E-state index is 0.0284. The second-order valence-corrected chi connectivity index (χ2v) is 2.42. The highest BCUT2D eigenvalue weighted by molar-refractivity contribution is 5.05. The number of hydrogen-bond acceptors (Lipinski definition) is 3. The number of nitrogens with zero attached hydrogens (tertiary/aromatic N) is 2. The molecular weight excluding hydrogens is 140 g/mol. The van der Waals surface area contributed by atoms with Gasteiger partial charge in [0.25, 0.3) is 0 Å². The molecule has 0 spiro atoms. The lowest BCUT2D eigenvalue weighted by atomic mass is 10.2. The van der Waals surface area contributed by atoms with Gasteiger partial charge in [-0.15, -0.1) is 0 Å². The highest BCUT2D eigenvalue weighted by atomic mass is 16.3. The summed E-state index contributed by atoms with van der Waals surface area (Å²) in [5.41, 5.74) is 1.62. The van der Waals surface area contributed by atoms with Crippen molar-refractivity contribution in [3.8, 4) is 0 Å². The molecule has 1 N–H and O–H groups in total. The minimum Gasteiger partial charge on any atom is -0.390 e. The van der Waals surface area contributed by atoms with Crippen LogP contribution < -0.4 is 0 Å². The molecule has 0 radical (unpaired) electrons. The molecule has 1 rings (SSSR count). The van der Waals surface area contributed by atoms with Gasteiger partial charge in [-0.1, -0.05) is 13.3 Å². The van der Waals surface area contributed by atoms with Gasteiger partial charge in [-0.05, 0) is 18.6 Å². The molecule has 0 saturated carbocycles. The van der Waals surface area contributed by atoms with Crippen molar-refractivity contribution in [2.75, 3.05) is 0 Å². The molecule has 1 aromatic heterocycles. The maximum Gasteiger partial charge on any atom is 0.0885 e. The highest BCUT2D eigenvalue weighted by Crippen LogP contribution is 1.98. The van der Waals surface area contributed by atoms with Crippen molar-refractivity contribution in [1.29, 1.82) is 0 Å². The van der Waals surface area contributed by atoms with Crippen LogP contribution in [0.2, 0.25) is 0 Å². The highest BCUT2D eigenvalue weighted by Gasteiger charge is 1.94. The zero-order valence-corrected chi connectivity index (χ0v) is 6.62. The Morgan fingerprint density at radius 2 is 1.91 bits per heavy atom.